The highest BCUT2D eigenvalue weighted by Crippen LogP contribution is 2.16. The summed E-state index contributed by atoms with van der Waals surface area (Å²) in [5.41, 5.74) is 1.64. The van der Waals surface area contributed by atoms with E-state index in [4.69, 9.17) is 4.42 Å². The molecule has 25 heavy (non-hydrogen) atoms. The minimum atomic E-state index is -3.63. The Morgan fingerprint density at radius 3 is 2.52 bits per heavy atom. The third-order valence-electron chi connectivity index (χ3n) is 3.59. The molecule has 128 valence electrons. The van der Waals surface area contributed by atoms with Gasteiger partial charge in [-0.3, -0.25) is 4.98 Å². The Labute approximate surface area is 147 Å². The fourth-order valence-electron chi connectivity index (χ4n) is 2.32. The molecule has 0 aliphatic carbocycles. The number of benzene rings is 1. The molecule has 3 rings (SSSR count). The van der Waals surface area contributed by atoms with Crippen LogP contribution in [0.1, 0.15) is 16.9 Å². The Balaban J connectivity index is 1.85. The predicted molar refractivity (Wildman–Crippen MR) is 96.6 cm³/mol. The molecular formula is C19H18N2O3S. The lowest BCUT2D eigenvalue weighted by molar-refractivity contribution is 0.362. The second kappa shape index (κ2) is 7.92. The van der Waals surface area contributed by atoms with Crippen LogP contribution in [0.15, 0.2) is 83.1 Å². The molecule has 6 heteroatoms. The number of nitrogens with zero attached hydrogens (tertiary/aromatic N) is 2. The standard InChI is InChI=1S/C19H18N2O3S/c22-25(23,13-10-17-6-2-1-3-7-17)21(16-19-9-5-12-24-19)15-18-8-4-11-20-14-18/h1-14H,15-16H2/b13-10-. The molecule has 0 unspecified atom stereocenters. The number of pyridine rings is 1. The maximum absolute atomic E-state index is 12.8. The Morgan fingerprint density at radius 1 is 1.00 bits per heavy atom. The molecule has 3 aromatic rings. The minimum absolute atomic E-state index is 0.156. The van der Waals surface area contributed by atoms with Crippen molar-refractivity contribution in [3.63, 3.8) is 0 Å². The van der Waals surface area contributed by atoms with Gasteiger partial charge in [-0.25, -0.2) is 8.42 Å². The van der Waals surface area contributed by atoms with Gasteiger partial charge < -0.3 is 4.42 Å². The third-order valence-corrected chi connectivity index (χ3v) is 5.04. The summed E-state index contributed by atoms with van der Waals surface area (Å²) in [4.78, 5) is 4.05. The lowest BCUT2D eigenvalue weighted by atomic mass is 10.2. The molecule has 0 bridgehead atoms. The van der Waals surface area contributed by atoms with E-state index in [2.05, 4.69) is 4.98 Å². The topological polar surface area (TPSA) is 63.4 Å². The molecule has 2 aromatic heterocycles. The van der Waals surface area contributed by atoms with E-state index in [1.807, 2.05) is 36.4 Å². The molecule has 0 aliphatic heterocycles. The second-order valence-electron chi connectivity index (χ2n) is 5.47. The third kappa shape index (κ3) is 4.89. The van der Waals surface area contributed by atoms with Gasteiger partial charge in [0.05, 0.1) is 12.8 Å². The summed E-state index contributed by atoms with van der Waals surface area (Å²) in [7, 11) is -3.63. The Morgan fingerprint density at radius 2 is 1.84 bits per heavy atom. The van der Waals surface area contributed by atoms with Crippen LogP contribution < -0.4 is 0 Å². The van der Waals surface area contributed by atoms with Crippen molar-refractivity contribution in [1.29, 1.82) is 0 Å². The number of rotatable bonds is 7. The summed E-state index contributed by atoms with van der Waals surface area (Å²) in [5, 5.41) is 1.22. The van der Waals surface area contributed by atoms with Crippen molar-refractivity contribution >= 4 is 16.1 Å². The molecule has 0 amide bonds. The molecule has 0 spiro atoms. The molecule has 5 nitrogen and oxygen atoms in total. The highest BCUT2D eigenvalue weighted by atomic mass is 32.2. The average Bonchev–Trinajstić information content (AvgIpc) is 3.15. The van der Waals surface area contributed by atoms with E-state index in [1.54, 1.807) is 36.7 Å². The van der Waals surface area contributed by atoms with Gasteiger partial charge in [0, 0.05) is 24.3 Å². The molecule has 0 aliphatic rings. The summed E-state index contributed by atoms with van der Waals surface area (Å²) >= 11 is 0. The van der Waals surface area contributed by atoms with E-state index in [-0.39, 0.29) is 13.1 Å². The van der Waals surface area contributed by atoms with E-state index in [0.29, 0.717) is 5.76 Å². The monoisotopic (exact) mass is 354 g/mol. The van der Waals surface area contributed by atoms with Crippen molar-refractivity contribution in [1.82, 2.24) is 9.29 Å². The summed E-state index contributed by atoms with van der Waals surface area (Å²) in [6.07, 6.45) is 6.44. The summed E-state index contributed by atoms with van der Waals surface area (Å²) < 4.78 is 32.3. The Kier molecular flexibility index (Phi) is 5.42. The quantitative estimate of drug-likeness (QED) is 0.649. The lowest BCUT2D eigenvalue weighted by Gasteiger charge is -2.19. The van der Waals surface area contributed by atoms with Gasteiger partial charge >= 0.3 is 0 Å². The van der Waals surface area contributed by atoms with Crippen LogP contribution >= 0.6 is 0 Å². The van der Waals surface area contributed by atoms with Gasteiger partial charge in [-0.1, -0.05) is 36.4 Å². The van der Waals surface area contributed by atoms with Crippen LogP contribution in [0, 0.1) is 0 Å². The van der Waals surface area contributed by atoms with E-state index < -0.39 is 10.0 Å². The molecule has 0 radical (unpaired) electrons. The van der Waals surface area contributed by atoms with E-state index in [0.717, 1.165) is 11.1 Å². The average molecular weight is 354 g/mol. The van der Waals surface area contributed by atoms with Crippen molar-refractivity contribution in [3.8, 4) is 0 Å². The smallest absolute Gasteiger partial charge is 0.236 e. The van der Waals surface area contributed by atoms with Crippen molar-refractivity contribution in [3.05, 3.63) is 95.5 Å². The SMILES string of the molecule is O=S(=O)(/C=C\c1ccccc1)N(Cc1cccnc1)Cc1ccco1. The Bertz CT molecular complexity index is 906. The fraction of sp³-hybridized carbons (Fsp3) is 0.105. The molecular weight excluding hydrogens is 336 g/mol. The molecule has 0 saturated carbocycles. The normalized spacial score (nSPS) is 12.0. The van der Waals surface area contributed by atoms with E-state index in [9.17, 15) is 8.42 Å². The molecule has 1 aromatic carbocycles. The van der Waals surface area contributed by atoms with Crippen LogP contribution in [0.25, 0.3) is 6.08 Å². The van der Waals surface area contributed by atoms with Gasteiger partial charge in [-0.05, 0) is 35.4 Å². The largest absolute Gasteiger partial charge is 0.468 e. The van der Waals surface area contributed by atoms with Gasteiger partial charge in [0.1, 0.15) is 5.76 Å². The predicted octanol–water partition coefficient (Wildman–Crippen LogP) is 3.68. The van der Waals surface area contributed by atoms with Crippen molar-refractivity contribution in [2.24, 2.45) is 0 Å². The zero-order chi connectivity index (χ0) is 17.5. The first-order valence-electron chi connectivity index (χ1n) is 7.78. The number of aromatic nitrogens is 1. The molecule has 2 heterocycles. The number of furan rings is 1. The lowest BCUT2D eigenvalue weighted by Crippen LogP contribution is -2.28. The van der Waals surface area contributed by atoms with Crippen LogP contribution in [0.3, 0.4) is 0 Å². The van der Waals surface area contributed by atoms with Gasteiger partial charge in [-0.15, -0.1) is 0 Å². The van der Waals surface area contributed by atoms with Crippen molar-refractivity contribution in [2.75, 3.05) is 0 Å². The van der Waals surface area contributed by atoms with Crippen LogP contribution in [0.5, 0.6) is 0 Å². The first-order valence-corrected chi connectivity index (χ1v) is 9.28. The van der Waals surface area contributed by atoms with Crippen molar-refractivity contribution < 1.29 is 12.8 Å². The maximum atomic E-state index is 12.8. The molecule has 0 saturated heterocycles. The summed E-state index contributed by atoms with van der Waals surface area (Å²) in [5.74, 6) is 0.584. The van der Waals surface area contributed by atoms with Crippen LogP contribution in [-0.2, 0) is 23.1 Å². The molecule has 0 fully saturated rings. The first-order chi connectivity index (χ1) is 12.1. The van der Waals surface area contributed by atoms with Crippen molar-refractivity contribution in [2.45, 2.75) is 13.1 Å². The highest BCUT2D eigenvalue weighted by molar-refractivity contribution is 7.92. The van der Waals surface area contributed by atoms with Crippen LogP contribution in [-0.4, -0.2) is 17.7 Å². The van der Waals surface area contributed by atoms with E-state index in [1.165, 1.54) is 16.0 Å². The van der Waals surface area contributed by atoms with Gasteiger partial charge in [0.15, 0.2) is 0 Å². The summed E-state index contributed by atoms with van der Waals surface area (Å²) in [6, 6.07) is 16.4. The zero-order valence-corrected chi connectivity index (χ0v) is 14.3. The van der Waals surface area contributed by atoms with Gasteiger partial charge in [0.2, 0.25) is 10.0 Å². The molecule has 0 atom stereocenters. The Hall–Kier alpha value is -2.70. The number of hydrogen-bond donors (Lipinski definition) is 0. The zero-order valence-electron chi connectivity index (χ0n) is 13.5. The fourth-order valence-corrected chi connectivity index (χ4v) is 3.46. The van der Waals surface area contributed by atoms with Gasteiger partial charge in [0.25, 0.3) is 0 Å². The van der Waals surface area contributed by atoms with Crippen LogP contribution in [0.2, 0.25) is 0 Å². The number of sulfonamides is 1. The van der Waals surface area contributed by atoms with E-state index >= 15 is 0 Å². The minimum Gasteiger partial charge on any atom is -0.468 e. The van der Waals surface area contributed by atoms with Crippen LogP contribution in [0.4, 0.5) is 0 Å². The van der Waals surface area contributed by atoms with Gasteiger partial charge in [-0.2, -0.15) is 4.31 Å². The first kappa shape index (κ1) is 17.1. The maximum Gasteiger partial charge on any atom is 0.236 e. The second-order valence-corrected chi connectivity index (χ2v) is 7.29. The molecule has 0 N–H and O–H groups in total. The highest BCUT2D eigenvalue weighted by Gasteiger charge is 2.21. The summed E-state index contributed by atoms with van der Waals surface area (Å²) in [6.45, 7) is 0.374. The number of hydrogen-bond acceptors (Lipinski definition) is 4.